The summed E-state index contributed by atoms with van der Waals surface area (Å²) >= 11 is 0. The van der Waals surface area contributed by atoms with Crippen molar-refractivity contribution in [3.05, 3.63) is 35.7 Å². The van der Waals surface area contributed by atoms with Crippen LogP contribution in [-0.4, -0.2) is 43.9 Å². The number of hydrogen-bond donors (Lipinski definition) is 1. The summed E-state index contributed by atoms with van der Waals surface area (Å²) in [7, 11) is 3.01. The number of hydrogen-bond acceptors (Lipinski definition) is 7. The van der Waals surface area contributed by atoms with Gasteiger partial charge in [-0.25, -0.2) is 9.59 Å². The second-order valence-corrected chi connectivity index (χ2v) is 5.15. The summed E-state index contributed by atoms with van der Waals surface area (Å²) in [6, 6.07) is 5.06. The predicted octanol–water partition coefficient (Wildman–Crippen LogP) is 2.43. The number of carbonyl (C=O) groups is 2. The number of esters is 2. The molecule has 2 aromatic rings. The van der Waals surface area contributed by atoms with E-state index in [1.54, 1.807) is 32.0 Å². The Labute approximate surface area is 151 Å². The molecule has 0 saturated heterocycles. The maximum atomic E-state index is 12.5. The van der Waals surface area contributed by atoms with Gasteiger partial charge < -0.3 is 29.2 Å². The zero-order chi connectivity index (χ0) is 19.3. The fraction of sp³-hybridized carbons (Fsp3) is 0.333. The fourth-order valence-corrected chi connectivity index (χ4v) is 2.47. The second kappa shape index (κ2) is 8.28. The molecule has 0 aliphatic rings. The Morgan fingerprint density at radius 3 is 2.27 bits per heavy atom. The van der Waals surface area contributed by atoms with Gasteiger partial charge in [0, 0.05) is 12.3 Å². The summed E-state index contributed by atoms with van der Waals surface area (Å²) < 4.78 is 22.2. The first kappa shape index (κ1) is 19.2. The molecule has 0 bridgehead atoms. The molecule has 2 N–H and O–H groups in total. The fourth-order valence-electron chi connectivity index (χ4n) is 2.47. The first-order valence-electron chi connectivity index (χ1n) is 8.05. The van der Waals surface area contributed by atoms with Crippen molar-refractivity contribution in [3.8, 4) is 17.2 Å². The van der Waals surface area contributed by atoms with E-state index in [4.69, 9.17) is 24.7 Å². The van der Waals surface area contributed by atoms with E-state index in [1.807, 2.05) is 0 Å². The van der Waals surface area contributed by atoms with Crippen LogP contribution in [0.15, 0.2) is 24.4 Å². The van der Waals surface area contributed by atoms with E-state index in [9.17, 15) is 9.59 Å². The van der Waals surface area contributed by atoms with Crippen molar-refractivity contribution in [1.29, 1.82) is 0 Å². The molecule has 8 nitrogen and oxygen atoms in total. The minimum absolute atomic E-state index is 0.0152. The van der Waals surface area contributed by atoms with Crippen molar-refractivity contribution in [1.82, 2.24) is 4.57 Å². The van der Waals surface area contributed by atoms with Crippen LogP contribution in [0.2, 0.25) is 0 Å². The van der Waals surface area contributed by atoms with Gasteiger partial charge in [0.05, 0.1) is 38.8 Å². The lowest BCUT2D eigenvalue weighted by Gasteiger charge is -2.14. The highest BCUT2D eigenvalue weighted by molar-refractivity contribution is 6.04. The lowest BCUT2D eigenvalue weighted by molar-refractivity contribution is 0.0516. The average molecular weight is 362 g/mol. The van der Waals surface area contributed by atoms with E-state index >= 15 is 0 Å². The van der Waals surface area contributed by atoms with Crippen molar-refractivity contribution in [2.75, 3.05) is 33.2 Å². The summed E-state index contributed by atoms with van der Waals surface area (Å²) in [5, 5.41) is 0. The molecule has 8 heteroatoms. The summed E-state index contributed by atoms with van der Waals surface area (Å²) in [4.78, 5) is 24.7. The highest BCUT2D eigenvalue weighted by Gasteiger charge is 2.27. The van der Waals surface area contributed by atoms with E-state index in [-0.39, 0.29) is 30.2 Å². The van der Waals surface area contributed by atoms with Gasteiger partial charge in [-0.1, -0.05) is 0 Å². The van der Waals surface area contributed by atoms with Gasteiger partial charge >= 0.3 is 11.9 Å². The number of nitrogens with zero attached hydrogens (tertiary/aromatic N) is 1. The third kappa shape index (κ3) is 3.58. The molecule has 0 aliphatic heterocycles. The molecular weight excluding hydrogens is 340 g/mol. The molecular formula is C18H22N2O6. The number of methoxy groups -OCH3 is 2. The number of rotatable bonds is 7. The Hall–Kier alpha value is -3.16. The van der Waals surface area contributed by atoms with Gasteiger partial charge in [-0.15, -0.1) is 0 Å². The number of anilines is 1. The van der Waals surface area contributed by atoms with Gasteiger partial charge in [0.15, 0.2) is 5.69 Å². The molecule has 0 fully saturated rings. The first-order valence-corrected chi connectivity index (χ1v) is 8.05. The largest absolute Gasteiger partial charge is 0.497 e. The highest BCUT2D eigenvalue weighted by Crippen LogP contribution is 2.33. The monoisotopic (exact) mass is 362 g/mol. The van der Waals surface area contributed by atoms with Gasteiger partial charge in [-0.2, -0.15) is 0 Å². The third-order valence-corrected chi connectivity index (χ3v) is 3.65. The zero-order valence-corrected chi connectivity index (χ0v) is 15.2. The van der Waals surface area contributed by atoms with Crippen molar-refractivity contribution in [2.24, 2.45) is 0 Å². The summed E-state index contributed by atoms with van der Waals surface area (Å²) in [5.74, 6) is -0.288. The molecule has 0 radical (unpaired) electrons. The molecule has 0 spiro atoms. The standard InChI is InChI=1S/C18H22N2O6/c1-5-25-17(21)12-10-20(16(15(12)19)18(22)26-6-2)13-9-11(23-3)7-8-14(13)24-4/h7-10H,5-6,19H2,1-4H3. The Morgan fingerprint density at radius 2 is 1.69 bits per heavy atom. The number of ether oxygens (including phenoxy) is 4. The molecule has 0 atom stereocenters. The Bertz CT molecular complexity index is 812. The van der Waals surface area contributed by atoms with Crippen LogP contribution in [0.5, 0.6) is 11.5 Å². The quantitative estimate of drug-likeness (QED) is 0.755. The molecule has 0 saturated carbocycles. The smallest absolute Gasteiger partial charge is 0.357 e. The second-order valence-electron chi connectivity index (χ2n) is 5.15. The summed E-state index contributed by atoms with van der Waals surface area (Å²) in [6.45, 7) is 3.70. The number of aromatic nitrogens is 1. The number of nitrogen functional groups attached to an aromatic ring is 1. The molecule has 2 rings (SSSR count). The SMILES string of the molecule is CCOC(=O)c1cn(-c2cc(OC)ccc2OC)c(C(=O)OCC)c1N. The van der Waals surface area contributed by atoms with Gasteiger partial charge in [0.25, 0.3) is 0 Å². The number of carbonyl (C=O) groups excluding carboxylic acids is 2. The van der Waals surface area contributed by atoms with Crippen molar-refractivity contribution < 1.29 is 28.5 Å². The molecule has 140 valence electrons. The van der Waals surface area contributed by atoms with Crippen LogP contribution < -0.4 is 15.2 Å². The molecule has 1 aromatic carbocycles. The molecule has 1 heterocycles. The minimum atomic E-state index is -0.662. The van der Waals surface area contributed by atoms with Crippen LogP contribution in [0, 0.1) is 0 Å². The Kier molecular flexibility index (Phi) is 6.11. The van der Waals surface area contributed by atoms with E-state index in [0.29, 0.717) is 17.2 Å². The normalized spacial score (nSPS) is 10.3. The lowest BCUT2D eigenvalue weighted by atomic mass is 10.2. The van der Waals surface area contributed by atoms with Crippen LogP contribution in [0.3, 0.4) is 0 Å². The van der Waals surface area contributed by atoms with E-state index in [1.165, 1.54) is 25.0 Å². The van der Waals surface area contributed by atoms with Gasteiger partial charge in [-0.05, 0) is 26.0 Å². The third-order valence-electron chi connectivity index (χ3n) is 3.65. The Morgan fingerprint density at radius 1 is 1.04 bits per heavy atom. The summed E-state index contributed by atoms with van der Waals surface area (Å²) in [6.07, 6.45) is 1.43. The number of nitrogens with two attached hydrogens (primary N) is 1. The first-order chi connectivity index (χ1) is 12.5. The molecule has 0 unspecified atom stereocenters. The Balaban J connectivity index is 2.72. The zero-order valence-electron chi connectivity index (χ0n) is 15.2. The van der Waals surface area contributed by atoms with Gasteiger partial charge in [0.1, 0.15) is 17.1 Å². The van der Waals surface area contributed by atoms with E-state index < -0.39 is 11.9 Å². The van der Waals surface area contributed by atoms with Crippen LogP contribution in [0.25, 0.3) is 5.69 Å². The topological polar surface area (TPSA) is 102 Å². The van der Waals surface area contributed by atoms with Gasteiger partial charge in [0.2, 0.25) is 0 Å². The average Bonchev–Trinajstić information content (AvgIpc) is 2.98. The highest BCUT2D eigenvalue weighted by atomic mass is 16.5. The maximum absolute atomic E-state index is 12.5. The minimum Gasteiger partial charge on any atom is -0.497 e. The van der Waals surface area contributed by atoms with Crippen LogP contribution in [0.4, 0.5) is 5.69 Å². The van der Waals surface area contributed by atoms with Crippen LogP contribution >= 0.6 is 0 Å². The van der Waals surface area contributed by atoms with Crippen LogP contribution in [-0.2, 0) is 9.47 Å². The maximum Gasteiger partial charge on any atom is 0.357 e. The van der Waals surface area contributed by atoms with Crippen molar-refractivity contribution in [2.45, 2.75) is 13.8 Å². The lowest BCUT2D eigenvalue weighted by Crippen LogP contribution is -2.13. The van der Waals surface area contributed by atoms with Crippen LogP contribution in [0.1, 0.15) is 34.7 Å². The molecule has 0 amide bonds. The molecule has 1 aromatic heterocycles. The molecule has 0 aliphatic carbocycles. The molecule has 26 heavy (non-hydrogen) atoms. The summed E-state index contributed by atoms with van der Waals surface area (Å²) in [5.41, 5.74) is 6.60. The predicted molar refractivity (Wildman–Crippen MR) is 95.2 cm³/mol. The van der Waals surface area contributed by atoms with Crippen molar-refractivity contribution in [3.63, 3.8) is 0 Å². The van der Waals surface area contributed by atoms with Crippen molar-refractivity contribution >= 4 is 17.6 Å². The van der Waals surface area contributed by atoms with Gasteiger partial charge in [-0.3, -0.25) is 0 Å². The van der Waals surface area contributed by atoms with E-state index in [0.717, 1.165) is 0 Å². The number of benzene rings is 1. The van der Waals surface area contributed by atoms with E-state index in [2.05, 4.69) is 0 Å².